The van der Waals surface area contributed by atoms with Crippen LogP contribution in [0.3, 0.4) is 0 Å². The second-order valence-corrected chi connectivity index (χ2v) is 4.04. The lowest BCUT2D eigenvalue weighted by Crippen LogP contribution is -2.19. The van der Waals surface area contributed by atoms with Crippen LogP contribution in [0.15, 0.2) is 24.3 Å². The summed E-state index contributed by atoms with van der Waals surface area (Å²) in [5.74, 6) is 0. The van der Waals surface area contributed by atoms with Gasteiger partial charge in [0, 0.05) is 5.39 Å². The molecule has 0 fully saturated rings. The first-order chi connectivity index (χ1) is 8.62. The van der Waals surface area contributed by atoms with E-state index in [1.54, 1.807) is 0 Å². The SMILES string of the molecule is FC(F)(F)c1nc2ccccc2c(Cl)c1C(F)(F)F. The molecule has 0 saturated heterocycles. The van der Waals surface area contributed by atoms with Gasteiger partial charge in [-0.15, -0.1) is 0 Å². The molecule has 2 rings (SSSR count). The Morgan fingerprint density at radius 1 is 0.895 bits per heavy atom. The smallest absolute Gasteiger partial charge is 0.243 e. The van der Waals surface area contributed by atoms with E-state index in [4.69, 9.17) is 11.6 Å². The first-order valence-electron chi connectivity index (χ1n) is 4.85. The minimum Gasteiger partial charge on any atom is -0.243 e. The van der Waals surface area contributed by atoms with Crippen molar-refractivity contribution in [1.29, 1.82) is 0 Å². The molecule has 0 amide bonds. The number of rotatable bonds is 0. The maximum Gasteiger partial charge on any atom is 0.434 e. The van der Waals surface area contributed by atoms with Crippen LogP contribution in [0.5, 0.6) is 0 Å². The van der Waals surface area contributed by atoms with E-state index in [0.717, 1.165) is 6.07 Å². The van der Waals surface area contributed by atoms with Crippen molar-refractivity contribution in [3.63, 3.8) is 0 Å². The maximum absolute atomic E-state index is 12.7. The van der Waals surface area contributed by atoms with Crippen LogP contribution in [0.2, 0.25) is 5.02 Å². The maximum atomic E-state index is 12.7. The molecule has 0 bridgehead atoms. The predicted octanol–water partition coefficient (Wildman–Crippen LogP) is 4.93. The number of hydrogen-bond acceptors (Lipinski definition) is 1. The zero-order valence-corrected chi connectivity index (χ0v) is 9.66. The van der Waals surface area contributed by atoms with Crippen molar-refractivity contribution in [3.8, 4) is 0 Å². The number of nitrogens with zero attached hydrogens (tertiary/aromatic N) is 1. The summed E-state index contributed by atoms with van der Waals surface area (Å²) in [5, 5.41) is -1.17. The second kappa shape index (κ2) is 4.26. The van der Waals surface area contributed by atoms with Gasteiger partial charge in [0.05, 0.1) is 10.5 Å². The number of aromatic nitrogens is 1. The van der Waals surface area contributed by atoms with Crippen LogP contribution in [0.25, 0.3) is 10.9 Å². The third-order valence-corrected chi connectivity index (χ3v) is 2.77. The van der Waals surface area contributed by atoms with E-state index in [2.05, 4.69) is 4.98 Å². The van der Waals surface area contributed by atoms with Gasteiger partial charge in [0.25, 0.3) is 0 Å². The molecule has 102 valence electrons. The van der Waals surface area contributed by atoms with Crippen LogP contribution in [-0.2, 0) is 12.4 Å². The van der Waals surface area contributed by atoms with Crippen molar-refractivity contribution in [3.05, 3.63) is 40.5 Å². The largest absolute Gasteiger partial charge is 0.434 e. The van der Waals surface area contributed by atoms with E-state index in [0.29, 0.717) is 0 Å². The van der Waals surface area contributed by atoms with Gasteiger partial charge in [0.15, 0.2) is 5.69 Å². The number of pyridine rings is 1. The Labute approximate surface area is 107 Å². The lowest BCUT2D eigenvalue weighted by molar-refractivity contribution is -0.164. The third-order valence-electron chi connectivity index (χ3n) is 2.38. The molecule has 0 radical (unpaired) electrons. The second-order valence-electron chi connectivity index (χ2n) is 3.66. The van der Waals surface area contributed by atoms with E-state index < -0.39 is 28.6 Å². The Bertz CT molecular complexity index is 631. The Hall–Kier alpha value is -1.50. The quantitative estimate of drug-likeness (QED) is 0.629. The Morgan fingerprint density at radius 2 is 1.47 bits per heavy atom. The summed E-state index contributed by atoms with van der Waals surface area (Å²) in [6.45, 7) is 0. The summed E-state index contributed by atoms with van der Waals surface area (Å²) >= 11 is 5.48. The predicted molar refractivity (Wildman–Crippen MR) is 56.8 cm³/mol. The molecular formula is C11H4ClF6N. The topological polar surface area (TPSA) is 12.9 Å². The fourth-order valence-corrected chi connectivity index (χ4v) is 1.99. The van der Waals surface area contributed by atoms with E-state index in [-0.39, 0.29) is 10.9 Å². The summed E-state index contributed by atoms with van der Waals surface area (Å²) in [6.07, 6.45) is -10.5. The van der Waals surface area contributed by atoms with E-state index in [1.807, 2.05) is 0 Å². The first kappa shape index (κ1) is 13.9. The Balaban J connectivity index is 2.93. The van der Waals surface area contributed by atoms with Gasteiger partial charge in [0.2, 0.25) is 0 Å². The Morgan fingerprint density at radius 3 is 2.00 bits per heavy atom. The molecule has 1 nitrogen and oxygen atoms in total. The molecule has 1 aromatic carbocycles. The average molecular weight is 300 g/mol. The lowest BCUT2D eigenvalue weighted by atomic mass is 10.1. The molecule has 0 atom stereocenters. The van der Waals surface area contributed by atoms with Crippen LogP contribution in [0.4, 0.5) is 26.3 Å². The minimum atomic E-state index is -5.24. The standard InChI is InChI=1S/C11H4ClF6N/c12-8-5-3-1-2-4-6(5)19-9(11(16,17)18)7(8)10(13,14)15/h1-4H. The molecule has 0 spiro atoms. The molecule has 2 aromatic rings. The van der Waals surface area contributed by atoms with Crippen molar-refractivity contribution < 1.29 is 26.3 Å². The van der Waals surface area contributed by atoms with Crippen molar-refractivity contribution in [2.45, 2.75) is 12.4 Å². The summed E-state index contributed by atoms with van der Waals surface area (Å²) in [4.78, 5) is 3.04. The van der Waals surface area contributed by atoms with Crippen molar-refractivity contribution in [1.82, 2.24) is 4.98 Å². The summed E-state index contributed by atoms with van der Waals surface area (Å²) < 4.78 is 76.2. The molecule has 0 unspecified atom stereocenters. The number of benzene rings is 1. The number of hydrogen-bond donors (Lipinski definition) is 0. The van der Waals surface area contributed by atoms with E-state index in [1.165, 1.54) is 18.2 Å². The zero-order valence-electron chi connectivity index (χ0n) is 8.90. The molecule has 0 N–H and O–H groups in total. The van der Waals surface area contributed by atoms with Gasteiger partial charge < -0.3 is 0 Å². The van der Waals surface area contributed by atoms with E-state index in [9.17, 15) is 26.3 Å². The molecule has 8 heteroatoms. The number of fused-ring (bicyclic) bond motifs is 1. The van der Waals surface area contributed by atoms with Gasteiger partial charge in [-0.1, -0.05) is 29.8 Å². The molecule has 1 heterocycles. The molecule has 0 aliphatic rings. The van der Waals surface area contributed by atoms with Crippen LogP contribution in [0.1, 0.15) is 11.3 Å². The van der Waals surface area contributed by atoms with Crippen LogP contribution in [-0.4, -0.2) is 4.98 Å². The molecule has 1 aromatic heterocycles. The highest BCUT2D eigenvalue weighted by molar-refractivity contribution is 6.36. The van der Waals surface area contributed by atoms with Crippen molar-refractivity contribution >= 4 is 22.5 Å². The summed E-state index contributed by atoms with van der Waals surface area (Å²) in [5.41, 5.74) is -4.23. The highest BCUT2D eigenvalue weighted by Gasteiger charge is 2.47. The normalized spacial score (nSPS) is 13.0. The monoisotopic (exact) mass is 299 g/mol. The van der Waals surface area contributed by atoms with Gasteiger partial charge in [-0.05, 0) is 6.07 Å². The minimum absolute atomic E-state index is 0.176. The van der Waals surface area contributed by atoms with Crippen molar-refractivity contribution in [2.75, 3.05) is 0 Å². The van der Waals surface area contributed by atoms with Gasteiger partial charge in [0.1, 0.15) is 5.56 Å². The number of alkyl halides is 6. The third kappa shape index (κ3) is 2.47. The summed E-state index contributed by atoms with van der Waals surface area (Å²) in [6, 6.07) is 5.07. The van der Waals surface area contributed by atoms with Gasteiger partial charge >= 0.3 is 12.4 Å². The summed E-state index contributed by atoms with van der Waals surface area (Å²) in [7, 11) is 0. The molecule has 19 heavy (non-hydrogen) atoms. The highest BCUT2D eigenvalue weighted by atomic mass is 35.5. The van der Waals surface area contributed by atoms with Gasteiger partial charge in [-0.2, -0.15) is 26.3 Å². The van der Waals surface area contributed by atoms with Crippen molar-refractivity contribution in [2.24, 2.45) is 0 Å². The fraction of sp³-hybridized carbons (Fsp3) is 0.182. The average Bonchev–Trinajstić information content (AvgIpc) is 2.26. The Kier molecular flexibility index (Phi) is 3.12. The molecule has 0 aliphatic heterocycles. The molecule has 0 saturated carbocycles. The number of para-hydroxylation sites is 1. The number of halogens is 7. The van der Waals surface area contributed by atoms with Crippen LogP contribution in [0, 0.1) is 0 Å². The fourth-order valence-electron chi connectivity index (χ4n) is 1.64. The van der Waals surface area contributed by atoms with Crippen LogP contribution >= 0.6 is 11.6 Å². The lowest BCUT2D eigenvalue weighted by Gasteiger charge is -2.17. The molecular weight excluding hydrogens is 296 g/mol. The zero-order chi connectivity index (χ0) is 14.4. The van der Waals surface area contributed by atoms with Gasteiger partial charge in [-0.25, -0.2) is 4.98 Å². The highest BCUT2D eigenvalue weighted by Crippen LogP contribution is 2.44. The first-order valence-corrected chi connectivity index (χ1v) is 5.23. The van der Waals surface area contributed by atoms with E-state index >= 15 is 0 Å². The van der Waals surface area contributed by atoms with Gasteiger partial charge in [-0.3, -0.25) is 0 Å². The molecule has 0 aliphatic carbocycles. The van der Waals surface area contributed by atoms with Crippen LogP contribution < -0.4 is 0 Å².